The predicted octanol–water partition coefficient (Wildman–Crippen LogP) is 0.681. The normalized spacial score (nSPS) is 20.4. The number of aromatic nitrogens is 3. The molecular weight excluding hydrogens is 230 g/mol. The van der Waals surface area contributed by atoms with Gasteiger partial charge in [0, 0.05) is 20.6 Å². The van der Waals surface area contributed by atoms with Crippen molar-refractivity contribution in [2.45, 2.75) is 20.3 Å². The molecule has 0 bridgehead atoms. The van der Waals surface area contributed by atoms with Crippen LogP contribution in [0, 0.1) is 11.3 Å². The van der Waals surface area contributed by atoms with Crippen molar-refractivity contribution < 1.29 is 0 Å². The van der Waals surface area contributed by atoms with Gasteiger partial charge in [0.1, 0.15) is 0 Å². The summed E-state index contributed by atoms with van der Waals surface area (Å²) >= 11 is 0. The monoisotopic (exact) mass is 251 g/mol. The third-order valence-corrected chi connectivity index (χ3v) is 3.38. The van der Waals surface area contributed by atoms with E-state index in [-0.39, 0.29) is 0 Å². The van der Waals surface area contributed by atoms with Crippen molar-refractivity contribution >= 4 is 17.8 Å². The van der Waals surface area contributed by atoms with Crippen LogP contribution in [0.25, 0.3) is 0 Å². The second kappa shape index (κ2) is 4.56. The molecular formula is C11H21N7. The van der Waals surface area contributed by atoms with Gasteiger partial charge in [0.15, 0.2) is 0 Å². The summed E-state index contributed by atoms with van der Waals surface area (Å²) in [6.45, 7) is 5.42. The Morgan fingerprint density at radius 1 is 1.28 bits per heavy atom. The quantitative estimate of drug-likeness (QED) is 0.523. The number of hydrogen-bond donors (Lipinski definition) is 3. The van der Waals surface area contributed by atoms with Crippen molar-refractivity contribution in [3.63, 3.8) is 0 Å². The average Bonchev–Trinajstić information content (AvgIpc) is 2.94. The first-order valence-corrected chi connectivity index (χ1v) is 6.06. The fourth-order valence-corrected chi connectivity index (χ4v) is 1.85. The van der Waals surface area contributed by atoms with E-state index >= 15 is 0 Å². The first kappa shape index (κ1) is 12.8. The minimum Gasteiger partial charge on any atom is -0.354 e. The molecule has 0 amide bonds. The van der Waals surface area contributed by atoms with Gasteiger partial charge in [0.2, 0.25) is 17.8 Å². The zero-order valence-electron chi connectivity index (χ0n) is 11.4. The number of anilines is 3. The summed E-state index contributed by atoms with van der Waals surface area (Å²) in [6.07, 6.45) is 1.24. The first-order valence-electron chi connectivity index (χ1n) is 6.06. The van der Waals surface area contributed by atoms with Crippen molar-refractivity contribution in [1.82, 2.24) is 15.0 Å². The van der Waals surface area contributed by atoms with Gasteiger partial charge in [-0.05, 0) is 17.8 Å². The van der Waals surface area contributed by atoms with Gasteiger partial charge >= 0.3 is 0 Å². The lowest BCUT2D eigenvalue weighted by Gasteiger charge is -2.13. The van der Waals surface area contributed by atoms with Crippen LogP contribution in [0.15, 0.2) is 0 Å². The zero-order valence-corrected chi connectivity index (χ0v) is 11.4. The van der Waals surface area contributed by atoms with E-state index in [9.17, 15) is 0 Å². The fourth-order valence-electron chi connectivity index (χ4n) is 1.85. The van der Waals surface area contributed by atoms with E-state index in [0.717, 1.165) is 6.54 Å². The number of nitrogen functional groups attached to an aromatic ring is 1. The van der Waals surface area contributed by atoms with Crippen molar-refractivity contribution in [3.05, 3.63) is 0 Å². The van der Waals surface area contributed by atoms with Crippen LogP contribution in [-0.4, -0.2) is 35.6 Å². The highest BCUT2D eigenvalue weighted by molar-refractivity contribution is 5.42. The maximum atomic E-state index is 5.35. The lowest BCUT2D eigenvalue weighted by molar-refractivity contribution is 0.572. The molecule has 0 saturated heterocycles. The van der Waals surface area contributed by atoms with E-state index < -0.39 is 0 Å². The Kier molecular flexibility index (Phi) is 3.25. The Labute approximate surface area is 107 Å². The summed E-state index contributed by atoms with van der Waals surface area (Å²) in [4.78, 5) is 14.5. The molecule has 1 unspecified atom stereocenters. The lowest BCUT2D eigenvalue weighted by atomic mass is 10.1. The molecule has 1 saturated carbocycles. The second-order valence-corrected chi connectivity index (χ2v) is 5.59. The van der Waals surface area contributed by atoms with Gasteiger partial charge in [-0.15, -0.1) is 0 Å². The lowest BCUT2D eigenvalue weighted by Crippen LogP contribution is -2.19. The summed E-state index contributed by atoms with van der Waals surface area (Å²) < 4.78 is 0. The van der Waals surface area contributed by atoms with Crippen molar-refractivity contribution in [2.24, 2.45) is 17.2 Å². The summed E-state index contributed by atoms with van der Waals surface area (Å²) in [5.41, 5.74) is 2.90. The van der Waals surface area contributed by atoms with E-state index in [0.29, 0.717) is 29.2 Å². The highest BCUT2D eigenvalue weighted by Crippen LogP contribution is 2.51. The molecule has 1 heterocycles. The summed E-state index contributed by atoms with van der Waals surface area (Å²) in [5.74, 6) is 7.54. The van der Waals surface area contributed by atoms with E-state index in [4.69, 9.17) is 5.84 Å². The number of hydrazine groups is 1. The molecule has 18 heavy (non-hydrogen) atoms. The smallest absolute Gasteiger partial charge is 0.243 e. The maximum Gasteiger partial charge on any atom is 0.243 e. The number of rotatable bonds is 5. The van der Waals surface area contributed by atoms with Gasteiger partial charge in [0.05, 0.1) is 0 Å². The molecule has 7 nitrogen and oxygen atoms in total. The standard InChI is InChI=1S/C11H21N7/c1-11(2)5-7(11)6-13-8-14-9(17-12)16-10(15-8)18(3)4/h7H,5-6,12H2,1-4H3,(H2,13,14,15,16,17). The number of nitrogens with one attached hydrogen (secondary N) is 2. The third kappa shape index (κ3) is 2.79. The molecule has 1 fully saturated rings. The molecule has 0 aromatic carbocycles. The molecule has 4 N–H and O–H groups in total. The molecule has 1 aliphatic rings. The number of hydrogen-bond acceptors (Lipinski definition) is 7. The molecule has 100 valence electrons. The van der Waals surface area contributed by atoms with Gasteiger partial charge in [-0.1, -0.05) is 13.8 Å². The SMILES string of the molecule is CN(C)c1nc(NN)nc(NCC2CC2(C)C)n1. The Bertz CT molecular complexity index is 429. The summed E-state index contributed by atoms with van der Waals surface area (Å²) in [6, 6.07) is 0. The number of nitrogens with two attached hydrogens (primary N) is 1. The van der Waals surface area contributed by atoms with Gasteiger partial charge in [-0.3, -0.25) is 5.43 Å². The minimum atomic E-state index is 0.367. The predicted molar refractivity (Wildman–Crippen MR) is 72.3 cm³/mol. The van der Waals surface area contributed by atoms with Gasteiger partial charge < -0.3 is 10.2 Å². The minimum absolute atomic E-state index is 0.367. The molecule has 1 atom stereocenters. The van der Waals surface area contributed by atoms with E-state index in [2.05, 4.69) is 39.5 Å². The molecule has 2 rings (SSSR count). The Morgan fingerprint density at radius 3 is 2.39 bits per heavy atom. The Morgan fingerprint density at radius 2 is 1.89 bits per heavy atom. The van der Waals surface area contributed by atoms with Crippen LogP contribution in [0.2, 0.25) is 0 Å². The van der Waals surface area contributed by atoms with Crippen LogP contribution in [0.1, 0.15) is 20.3 Å². The largest absolute Gasteiger partial charge is 0.354 e. The van der Waals surface area contributed by atoms with Gasteiger partial charge in [-0.25, -0.2) is 5.84 Å². The highest BCUT2D eigenvalue weighted by atomic mass is 15.4. The summed E-state index contributed by atoms with van der Waals surface area (Å²) in [7, 11) is 3.76. The van der Waals surface area contributed by atoms with Crippen LogP contribution in [-0.2, 0) is 0 Å². The van der Waals surface area contributed by atoms with Crippen molar-refractivity contribution in [3.8, 4) is 0 Å². The van der Waals surface area contributed by atoms with E-state index in [1.807, 2.05) is 19.0 Å². The van der Waals surface area contributed by atoms with Crippen LogP contribution >= 0.6 is 0 Å². The van der Waals surface area contributed by atoms with Gasteiger partial charge in [-0.2, -0.15) is 15.0 Å². The van der Waals surface area contributed by atoms with Gasteiger partial charge in [0.25, 0.3) is 0 Å². The molecule has 0 spiro atoms. The molecule has 1 aromatic heterocycles. The molecule has 1 aliphatic carbocycles. The van der Waals surface area contributed by atoms with E-state index in [1.54, 1.807) is 0 Å². The van der Waals surface area contributed by atoms with Crippen LogP contribution < -0.4 is 21.5 Å². The fraction of sp³-hybridized carbons (Fsp3) is 0.727. The maximum absolute atomic E-state index is 5.35. The van der Waals surface area contributed by atoms with Crippen LogP contribution in [0.3, 0.4) is 0 Å². The first-order chi connectivity index (χ1) is 8.42. The Hall–Kier alpha value is -1.63. The number of nitrogens with zero attached hydrogens (tertiary/aromatic N) is 4. The average molecular weight is 251 g/mol. The van der Waals surface area contributed by atoms with Crippen LogP contribution in [0.5, 0.6) is 0 Å². The zero-order chi connectivity index (χ0) is 13.3. The molecule has 1 aromatic rings. The highest BCUT2D eigenvalue weighted by Gasteiger charge is 2.45. The van der Waals surface area contributed by atoms with E-state index in [1.165, 1.54) is 6.42 Å². The molecule has 0 radical (unpaired) electrons. The van der Waals surface area contributed by atoms with Crippen molar-refractivity contribution in [1.29, 1.82) is 0 Å². The molecule has 7 heteroatoms. The second-order valence-electron chi connectivity index (χ2n) is 5.59. The third-order valence-electron chi connectivity index (χ3n) is 3.38. The van der Waals surface area contributed by atoms with Crippen LogP contribution in [0.4, 0.5) is 17.8 Å². The summed E-state index contributed by atoms with van der Waals surface area (Å²) in [5, 5.41) is 3.25. The Balaban J connectivity index is 2.05. The topological polar surface area (TPSA) is 92.0 Å². The van der Waals surface area contributed by atoms with Crippen molar-refractivity contribution in [2.75, 3.05) is 36.3 Å². The molecule has 0 aliphatic heterocycles.